The Balaban J connectivity index is 1.31. The number of piperazine rings is 1. The number of halogens is 1. The first kappa shape index (κ1) is 31.5. The Bertz CT molecular complexity index is 1620. The van der Waals surface area contributed by atoms with Crippen molar-refractivity contribution in [1.29, 1.82) is 0 Å². The monoisotopic (exact) mass is 630 g/mol. The number of amides is 1. The van der Waals surface area contributed by atoms with Crippen molar-refractivity contribution in [2.75, 3.05) is 67.3 Å². The number of ether oxygens (including phenoxy) is 2. The molecular formula is C32H35ClN8O4. The molecule has 2 aromatic heterocycles. The van der Waals surface area contributed by atoms with Crippen molar-refractivity contribution in [1.82, 2.24) is 19.9 Å². The molecule has 0 saturated carbocycles. The van der Waals surface area contributed by atoms with Crippen LogP contribution in [0.4, 0.5) is 34.5 Å². The highest BCUT2D eigenvalue weighted by molar-refractivity contribution is 6.32. The highest BCUT2D eigenvalue weighted by Crippen LogP contribution is 2.39. The molecule has 4 aromatic rings. The SMILES string of the molecule is C=CC(=O)Nc1cc(Nc2nccc(Nc3ccc(OCc4ccccn4)c(Cl)c3)n2)c(OC)cc1N1CCN(CCO)CC1. The van der Waals surface area contributed by atoms with E-state index in [9.17, 15) is 9.90 Å². The number of nitrogens with one attached hydrogen (secondary N) is 3. The molecule has 2 aromatic carbocycles. The number of carbonyl (C=O) groups is 1. The topological polar surface area (TPSA) is 137 Å². The minimum atomic E-state index is -0.333. The molecule has 5 rings (SSSR count). The number of pyridine rings is 1. The molecule has 4 N–H and O–H groups in total. The van der Waals surface area contributed by atoms with Crippen LogP contribution in [0.15, 0.2) is 79.6 Å². The molecule has 12 nitrogen and oxygen atoms in total. The number of β-amino-alcohol motifs (C(OH)–C–C–N with tert-alkyl or cyclic N) is 1. The fraction of sp³-hybridized carbons (Fsp3) is 0.250. The van der Waals surface area contributed by atoms with Gasteiger partial charge in [0.2, 0.25) is 11.9 Å². The normalized spacial score (nSPS) is 13.2. The van der Waals surface area contributed by atoms with Crippen LogP contribution in [-0.4, -0.2) is 77.3 Å². The van der Waals surface area contributed by atoms with Gasteiger partial charge in [-0.15, -0.1) is 0 Å². The van der Waals surface area contributed by atoms with Crippen molar-refractivity contribution < 1.29 is 19.4 Å². The van der Waals surface area contributed by atoms with Crippen LogP contribution in [-0.2, 0) is 11.4 Å². The molecule has 3 heterocycles. The maximum atomic E-state index is 12.4. The summed E-state index contributed by atoms with van der Waals surface area (Å²) < 4.78 is 11.5. The van der Waals surface area contributed by atoms with Crippen LogP contribution in [0.2, 0.25) is 5.02 Å². The summed E-state index contributed by atoms with van der Waals surface area (Å²) in [7, 11) is 1.58. The number of aromatic nitrogens is 3. The van der Waals surface area contributed by atoms with E-state index in [0.29, 0.717) is 58.5 Å². The van der Waals surface area contributed by atoms with E-state index in [4.69, 9.17) is 21.1 Å². The second-order valence-corrected chi connectivity index (χ2v) is 10.5. The second-order valence-electron chi connectivity index (χ2n) is 10.1. The molecule has 1 saturated heterocycles. The number of aliphatic hydroxyl groups is 1. The van der Waals surface area contributed by atoms with Crippen molar-refractivity contribution in [3.63, 3.8) is 0 Å². The van der Waals surface area contributed by atoms with Crippen LogP contribution < -0.4 is 30.3 Å². The van der Waals surface area contributed by atoms with E-state index in [-0.39, 0.29) is 12.5 Å². The van der Waals surface area contributed by atoms with Crippen molar-refractivity contribution in [2.45, 2.75) is 6.61 Å². The zero-order valence-electron chi connectivity index (χ0n) is 24.9. The summed E-state index contributed by atoms with van der Waals surface area (Å²) in [5, 5.41) is 19.1. The Hall–Kier alpha value is -4.91. The number of methoxy groups -OCH3 is 1. The van der Waals surface area contributed by atoms with Crippen molar-refractivity contribution in [3.8, 4) is 11.5 Å². The molecule has 1 aliphatic rings. The molecule has 0 bridgehead atoms. The van der Waals surface area contributed by atoms with Gasteiger partial charge in [0.1, 0.15) is 23.9 Å². The van der Waals surface area contributed by atoms with Gasteiger partial charge in [-0.3, -0.25) is 14.7 Å². The number of hydrogen-bond acceptors (Lipinski definition) is 11. The fourth-order valence-electron chi connectivity index (χ4n) is 4.82. The summed E-state index contributed by atoms with van der Waals surface area (Å²) in [6, 6.07) is 16.4. The minimum absolute atomic E-state index is 0.121. The van der Waals surface area contributed by atoms with Gasteiger partial charge in [0.05, 0.1) is 41.5 Å². The minimum Gasteiger partial charge on any atom is -0.494 e. The number of aliphatic hydroxyl groups excluding tert-OH is 1. The average Bonchev–Trinajstić information content (AvgIpc) is 3.06. The Labute approximate surface area is 266 Å². The van der Waals surface area contributed by atoms with Crippen LogP contribution in [0.1, 0.15) is 5.69 Å². The molecule has 1 amide bonds. The van der Waals surface area contributed by atoms with E-state index >= 15 is 0 Å². The van der Waals surface area contributed by atoms with Crippen LogP contribution in [0, 0.1) is 0 Å². The van der Waals surface area contributed by atoms with E-state index in [0.717, 1.165) is 37.6 Å². The number of nitrogens with zero attached hydrogens (tertiary/aromatic N) is 5. The van der Waals surface area contributed by atoms with Gasteiger partial charge in [-0.25, -0.2) is 4.98 Å². The quantitative estimate of drug-likeness (QED) is 0.151. The Kier molecular flexibility index (Phi) is 10.6. The number of rotatable bonds is 13. The summed E-state index contributed by atoms with van der Waals surface area (Å²) >= 11 is 6.49. The zero-order valence-corrected chi connectivity index (χ0v) is 25.6. The van der Waals surface area contributed by atoms with Gasteiger partial charge in [-0.05, 0) is 48.5 Å². The van der Waals surface area contributed by atoms with Crippen molar-refractivity contribution in [2.24, 2.45) is 0 Å². The molecule has 1 aliphatic heterocycles. The molecule has 234 valence electrons. The lowest BCUT2D eigenvalue weighted by molar-refractivity contribution is -0.111. The predicted octanol–water partition coefficient (Wildman–Crippen LogP) is 4.84. The third-order valence-electron chi connectivity index (χ3n) is 7.10. The predicted molar refractivity (Wildman–Crippen MR) is 176 cm³/mol. The van der Waals surface area contributed by atoms with Crippen LogP contribution in [0.5, 0.6) is 11.5 Å². The maximum Gasteiger partial charge on any atom is 0.247 e. The van der Waals surface area contributed by atoms with E-state index < -0.39 is 0 Å². The highest BCUT2D eigenvalue weighted by Gasteiger charge is 2.22. The van der Waals surface area contributed by atoms with E-state index in [2.05, 4.69) is 47.3 Å². The number of benzene rings is 2. The maximum absolute atomic E-state index is 12.4. The summed E-state index contributed by atoms with van der Waals surface area (Å²) in [4.78, 5) is 30.0. The second kappa shape index (κ2) is 15.2. The number of carbonyl (C=O) groups excluding carboxylic acids is 1. The van der Waals surface area contributed by atoms with E-state index in [1.54, 1.807) is 43.8 Å². The molecule has 0 spiro atoms. The number of anilines is 6. The lowest BCUT2D eigenvalue weighted by Crippen LogP contribution is -2.47. The standard InChI is InChI=1S/C32H35ClN8O4/c1-3-31(43)37-25-19-26(29(44-2)20-27(25)41-14-12-40(13-15-41)16-17-42)38-32-35-11-9-30(39-32)36-22-7-8-28(24(33)18-22)45-21-23-6-4-5-10-34-23/h3-11,18-20,42H,1,12-17,21H2,2H3,(H,37,43)(H2,35,36,38,39). The van der Waals surface area contributed by atoms with E-state index in [1.165, 1.54) is 6.08 Å². The van der Waals surface area contributed by atoms with Crippen LogP contribution in [0.25, 0.3) is 0 Å². The zero-order chi connectivity index (χ0) is 31.6. The third-order valence-corrected chi connectivity index (χ3v) is 7.39. The van der Waals surface area contributed by atoms with Crippen molar-refractivity contribution >= 4 is 52.0 Å². The van der Waals surface area contributed by atoms with Gasteiger partial charge in [0, 0.05) is 56.9 Å². The van der Waals surface area contributed by atoms with Gasteiger partial charge in [0.15, 0.2) is 0 Å². The first-order valence-electron chi connectivity index (χ1n) is 14.4. The summed E-state index contributed by atoms with van der Waals surface area (Å²) in [5.74, 6) is 1.60. The van der Waals surface area contributed by atoms with Gasteiger partial charge < -0.3 is 35.4 Å². The molecule has 0 atom stereocenters. The first-order chi connectivity index (χ1) is 21.9. The molecule has 0 radical (unpaired) electrons. The Morgan fingerprint density at radius 2 is 1.87 bits per heavy atom. The largest absolute Gasteiger partial charge is 0.494 e. The summed E-state index contributed by atoms with van der Waals surface area (Å²) in [6.45, 7) is 7.68. The molecule has 45 heavy (non-hydrogen) atoms. The lowest BCUT2D eigenvalue weighted by Gasteiger charge is -2.37. The van der Waals surface area contributed by atoms with Gasteiger partial charge in [0.25, 0.3) is 0 Å². The van der Waals surface area contributed by atoms with Gasteiger partial charge in [-0.1, -0.05) is 24.2 Å². The fourth-order valence-corrected chi connectivity index (χ4v) is 5.06. The van der Waals surface area contributed by atoms with Crippen LogP contribution >= 0.6 is 11.6 Å². The Morgan fingerprint density at radius 1 is 1.02 bits per heavy atom. The molecule has 0 aliphatic carbocycles. The average molecular weight is 631 g/mol. The highest BCUT2D eigenvalue weighted by atomic mass is 35.5. The smallest absolute Gasteiger partial charge is 0.247 e. The Morgan fingerprint density at radius 3 is 2.58 bits per heavy atom. The van der Waals surface area contributed by atoms with Crippen molar-refractivity contribution in [3.05, 3.63) is 90.4 Å². The molecule has 13 heteroatoms. The van der Waals surface area contributed by atoms with E-state index in [1.807, 2.05) is 30.3 Å². The van der Waals surface area contributed by atoms with Gasteiger partial charge in [-0.2, -0.15) is 4.98 Å². The van der Waals surface area contributed by atoms with Crippen LogP contribution in [0.3, 0.4) is 0 Å². The first-order valence-corrected chi connectivity index (χ1v) is 14.8. The van der Waals surface area contributed by atoms with Gasteiger partial charge >= 0.3 is 0 Å². The summed E-state index contributed by atoms with van der Waals surface area (Å²) in [5.41, 5.74) is 3.49. The summed E-state index contributed by atoms with van der Waals surface area (Å²) in [6.07, 6.45) is 4.56. The molecule has 1 fully saturated rings. The third kappa shape index (κ3) is 8.38. The number of hydrogen-bond donors (Lipinski definition) is 4. The lowest BCUT2D eigenvalue weighted by atomic mass is 10.1. The molecule has 0 unspecified atom stereocenters. The molecular weight excluding hydrogens is 596 g/mol.